The van der Waals surface area contributed by atoms with Crippen LogP contribution in [-0.2, 0) is 16.2 Å². The minimum Gasteiger partial charge on any atom is -0.376 e. The number of fused-ring (bicyclic) bond motifs is 19. The van der Waals surface area contributed by atoms with Crippen molar-refractivity contribution in [3.8, 4) is 27.9 Å². The van der Waals surface area contributed by atoms with Crippen molar-refractivity contribution in [3.05, 3.63) is 162 Å². The molecular weight excluding hydrogens is 812 g/mol. The summed E-state index contributed by atoms with van der Waals surface area (Å²) in [5.41, 5.74) is 20.2. The lowest BCUT2D eigenvalue weighted by atomic mass is 9.43. The van der Waals surface area contributed by atoms with Gasteiger partial charge in [-0.1, -0.05) is 134 Å². The molecule has 0 bridgehead atoms. The van der Waals surface area contributed by atoms with Crippen molar-refractivity contribution in [3.63, 3.8) is 0 Å². The summed E-state index contributed by atoms with van der Waals surface area (Å²) >= 11 is 3.86. The van der Waals surface area contributed by atoms with Gasteiger partial charge in [0.05, 0.1) is 11.0 Å². The predicted octanol–water partition coefficient (Wildman–Crippen LogP) is 15.7. The van der Waals surface area contributed by atoms with Crippen LogP contribution in [0, 0.1) is 0 Å². The normalized spacial score (nSPS) is 14.9. The molecule has 0 amide bonds. The number of hydrogen-bond acceptors (Lipinski definition) is 3. The highest BCUT2D eigenvalue weighted by molar-refractivity contribution is 7.26. The lowest BCUT2D eigenvalue weighted by Gasteiger charge is -2.44. The smallest absolute Gasteiger partial charge is 0.333 e. The van der Waals surface area contributed by atoms with Crippen LogP contribution in [0.2, 0.25) is 0 Å². The minimum atomic E-state index is -0.245. The lowest BCUT2D eigenvalue weighted by Crippen LogP contribution is -2.61. The van der Waals surface area contributed by atoms with E-state index in [1.807, 2.05) is 22.7 Å². The van der Waals surface area contributed by atoms with Gasteiger partial charge in [-0.2, -0.15) is 0 Å². The fourth-order valence-corrected chi connectivity index (χ4v) is 14.4. The summed E-state index contributed by atoms with van der Waals surface area (Å²) in [7, 11) is 0. The van der Waals surface area contributed by atoms with Crippen LogP contribution in [0.1, 0.15) is 77.6 Å². The Hall–Kier alpha value is -6.14. The molecule has 0 atom stereocenters. The van der Waals surface area contributed by atoms with Crippen LogP contribution >= 0.6 is 22.7 Å². The molecule has 0 unspecified atom stereocenters. The highest BCUT2D eigenvalue weighted by Crippen LogP contribution is 2.60. The van der Waals surface area contributed by atoms with E-state index in [4.69, 9.17) is 0 Å². The van der Waals surface area contributed by atoms with Crippen LogP contribution in [0.25, 0.3) is 90.1 Å². The second-order valence-electron chi connectivity index (χ2n) is 21.3. The number of rotatable bonds is 1. The summed E-state index contributed by atoms with van der Waals surface area (Å²) in [6.07, 6.45) is 0. The van der Waals surface area contributed by atoms with E-state index in [2.05, 4.69) is 204 Å². The van der Waals surface area contributed by atoms with Crippen LogP contribution in [0.15, 0.2) is 140 Å². The Kier molecular flexibility index (Phi) is 7.07. The molecule has 64 heavy (non-hydrogen) atoms. The zero-order valence-electron chi connectivity index (χ0n) is 37.6. The molecule has 0 spiro atoms. The van der Waals surface area contributed by atoms with Crippen LogP contribution in [0.5, 0.6) is 0 Å². The van der Waals surface area contributed by atoms with E-state index < -0.39 is 0 Å². The first-order valence-electron chi connectivity index (χ1n) is 22.9. The molecular formula is C59H47BN2S2. The van der Waals surface area contributed by atoms with E-state index in [9.17, 15) is 0 Å². The van der Waals surface area contributed by atoms with Gasteiger partial charge in [-0.3, -0.25) is 0 Å². The van der Waals surface area contributed by atoms with Gasteiger partial charge in [0, 0.05) is 79.2 Å². The van der Waals surface area contributed by atoms with Crippen LogP contribution in [-0.4, -0.2) is 11.4 Å². The van der Waals surface area contributed by atoms with Gasteiger partial charge in [0.25, 0.3) is 0 Å². The molecule has 308 valence electrons. The minimum absolute atomic E-state index is 0.00979. The zero-order valence-corrected chi connectivity index (χ0v) is 39.2. The Morgan fingerprint density at radius 3 is 1.81 bits per heavy atom. The topological polar surface area (TPSA) is 8.17 Å². The zero-order chi connectivity index (χ0) is 43.3. The van der Waals surface area contributed by atoms with E-state index in [1.54, 1.807) is 0 Å². The molecule has 2 aliphatic heterocycles. The molecule has 3 aliphatic rings. The molecule has 0 saturated heterocycles. The van der Waals surface area contributed by atoms with Gasteiger partial charge < -0.3 is 9.38 Å². The largest absolute Gasteiger partial charge is 0.376 e. The van der Waals surface area contributed by atoms with Gasteiger partial charge >= 0.3 is 6.85 Å². The molecule has 2 nitrogen and oxygen atoms in total. The summed E-state index contributed by atoms with van der Waals surface area (Å²) in [6.45, 7) is 18.9. The van der Waals surface area contributed by atoms with E-state index in [0.717, 1.165) is 0 Å². The molecule has 8 aromatic carbocycles. The third kappa shape index (κ3) is 4.66. The lowest BCUT2D eigenvalue weighted by molar-refractivity contribution is 0.590. The Balaban J connectivity index is 1.24. The van der Waals surface area contributed by atoms with Crippen molar-refractivity contribution in [2.45, 2.75) is 71.6 Å². The maximum absolute atomic E-state index is 2.75. The van der Waals surface area contributed by atoms with Crippen molar-refractivity contribution in [2.75, 3.05) is 4.81 Å². The highest BCUT2D eigenvalue weighted by atomic mass is 32.1. The summed E-state index contributed by atoms with van der Waals surface area (Å²) in [6, 6.07) is 54.6. The monoisotopic (exact) mass is 858 g/mol. The maximum Gasteiger partial charge on any atom is 0.333 e. The standard InChI is InChI=1S/C59H47BN2S2/c1-57(2,3)32-21-24-34(25-22-32)62-45-28-38-35-15-10-13-19-47(35)63-49(38)30-41(45)53-54-51(37-17-9-12-18-42(37)59(54,7)8)52-40-27-33(58(4,5)6)23-26-44(40)61-46-29-39-36-16-11-14-20-48(36)64-50(39)31-43(46)60(62)55(53)56(52)61/h9-31H,1-8H3. The molecule has 0 N–H and O–H groups in total. The summed E-state index contributed by atoms with van der Waals surface area (Å²) in [4.78, 5) is 2.75. The van der Waals surface area contributed by atoms with Gasteiger partial charge in [0.2, 0.25) is 0 Å². The van der Waals surface area contributed by atoms with Crippen LogP contribution in [0.4, 0.5) is 11.4 Å². The molecule has 3 aromatic heterocycles. The van der Waals surface area contributed by atoms with Crippen LogP contribution in [0.3, 0.4) is 0 Å². The summed E-state index contributed by atoms with van der Waals surface area (Å²) in [5.74, 6) is 0. The van der Waals surface area contributed by atoms with E-state index in [1.165, 1.54) is 135 Å². The average Bonchev–Trinajstić information content (AvgIpc) is 4.00. The van der Waals surface area contributed by atoms with Crippen molar-refractivity contribution < 1.29 is 0 Å². The summed E-state index contributed by atoms with van der Waals surface area (Å²) in [5, 5.41) is 8.08. The molecule has 11 aromatic rings. The number of thiophene rings is 2. The molecule has 14 rings (SSSR count). The number of nitrogens with zero attached hydrogens (tertiary/aromatic N) is 2. The molecule has 1 aliphatic carbocycles. The molecule has 0 radical (unpaired) electrons. The Bertz CT molecular complexity index is 3900. The van der Waals surface area contributed by atoms with Gasteiger partial charge in [0.1, 0.15) is 0 Å². The van der Waals surface area contributed by atoms with Gasteiger partial charge in [0.15, 0.2) is 0 Å². The van der Waals surface area contributed by atoms with E-state index in [-0.39, 0.29) is 23.1 Å². The third-order valence-electron chi connectivity index (χ3n) is 15.2. The van der Waals surface area contributed by atoms with Gasteiger partial charge in [-0.25, -0.2) is 0 Å². The fourth-order valence-electron chi connectivity index (χ4n) is 12.2. The quantitative estimate of drug-likeness (QED) is 0.149. The second-order valence-corrected chi connectivity index (χ2v) is 23.5. The molecule has 5 heteroatoms. The number of benzene rings is 8. The van der Waals surface area contributed by atoms with E-state index >= 15 is 0 Å². The van der Waals surface area contributed by atoms with Crippen molar-refractivity contribution in [1.29, 1.82) is 0 Å². The van der Waals surface area contributed by atoms with Gasteiger partial charge in [-0.05, 0) is 121 Å². The van der Waals surface area contributed by atoms with E-state index in [0.29, 0.717) is 0 Å². The number of aromatic nitrogens is 1. The Labute approximate surface area is 382 Å². The Morgan fingerprint density at radius 2 is 1.12 bits per heavy atom. The second kappa shape index (κ2) is 12.1. The van der Waals surface area contributed by atoms with Crippen LogP contribution < -0.4 is 15.7 Å². The number of hydrogen-bond donors (Lipinski definition) is 0. The number of anilines is 2. The van der Waals surface area contributed by atoms with Gasteiger partial charge in [-0.15, -0.1) is 22.7 Å². The molecule has 5 heterocycles. The fraction of sp³-hybridized carbons (Fsp3) is 0.186. The molecule has 0 fully saturated rings. The predicted molar refractivity (Wildman–Crippen MR) is 281 cm³/mol. The first-order valence-corrected chi connectivity index (χ1v) is 24.5. The SMILES string of the molecule is CC(C)(C)c1ccc(N2B3c4cc5sc6ccccc6c5cc4-n4c5ccc(C(C)(C)C)cc5c5c6c(c(c3c54)-c3cc4sc5ccccc5c4cc32)C(C)(C)c2ccccc2-6)cc1. The maximum atomic E-state index is 2.75. The first kappa shape index (κ1) is 37.3. The highest BCUT2D eigenvalue weighted by Gasteiger charge is 2.50. The average molecular weight is 859 g/mol. The first-order chi connectivity index (χ1) is 30.8. The van der Waals surface area contributed by atoms with Crippen molar-refractivity contribution in [1.82, 2.24) is 4.57 Å². The third-order valence-corrected chi connectivity index (χ3v) is 17.5. The van der Waals surface area contributed by atoms with Crippen molar-refractivity contribution >= 4 is 114 Å². The Morgan fingerprint density at radius 1 is 0.516 bits per heavy atom. The molecule has 0 saturated carbocycles. The van der Waals surface area contributed by atoms with Crippen molar-refractivity contribution in [2.24, 2.45) is 0 Å². The summed E-state index contributed by atoms with van der Waals surface area (Å²) < 4.78 is 8.06.